The molecule has 4 aromatic rings. The zero-order valence-electron chi connectivity index (χ0n) is 22.6. The van der Waals surface area contributed by atoms with E-state index < -0.39 is 23.3 Å². The predicted octanol–water partition coefficient (Wildman–Crippen LogP) is 7.57. The van der Waals surface area contributed by atoms with Gasteiger partial charge in [-0.15, -0.1) is 0 Å². The molecule has 0 aliphatic carbocycles. The molecule has 1 N–H and O–H groups in total. The fourth-order valence-electron chi connectivity index (χ4n) is 4.11. The van der Waals surface area contributed by atoms with Gasteiger partial charge in [0.1, 0.15) is 11.6 Å². The van der Waals surface area contributed by atoms with Gasteiger partial charge in [-0.1, -0.05) is 54.1 Å². The number of carboxylic acids is 1. The molecular weight excluding hydrogens is 517 g/mol. The lowest BCUT2D eigenvalue weighted by Gasteiger charge is -2.25. The molecule has 0 aliphatic rings. The number of anilines is 1. The summed E-state index contributed by atoms with van der Waals surface area (Å²) in [4.78, 5) is 18.1. The first-order valence-electron chi connectivity index (χ1n) is 12.9. The van der Waals surface area contributed by atoms with Crippen LogP contribution in [0.1, 0.15) is 36.1 Å². The fourth-order valence-corrected chi connectivity index (χ4v) is 4.11. The van der Waals surface area contributed by atoms with Crippen LogP contribution in [0.5, 0.6) is 5.75 Å². The van der Waals surface area contributed by atoms with Crippen molar-refractivity contribution in [1.29, 1.82) is 0 Å². The van der Waals surface area contributed by atoms with Crippen molar-refractivity contribution in [2.45, 2.75) is 45.5 Å². The van der Waals surface area contributed by atoms with E-state index in [0.717, 1.165) is 34.4 Å². The third-order valence-electron chi connectivity index (χ3n) is 6.59. The summed E-state index contributed by atoms with van der Waals surface area (Å²) in [7, 11) is 0. The highest BCUT2D eigenvalue weighted by molar-refractivity contribution is 5.76. The Labute approximate surface area is 231 Å². The van der Waals surface area contributed by atoms with Crippen LogP contribution in [0.4, 0.5) is 19.0 Å². The number of carbonyl (C=O) groups is 1. The van der Waals surface area contributed by atoms with Gasteiger partial charge in [0.05, 0.1) is 5.56 Å². The van der Waals surface area contributed by atoms with Crippen LogP contribution in [0.3, 0.4) is 0 Å². The van der Waals surface area contributed by atoms with Crippen molar-refractivity contribution in [1.82, 2.24) is 4.98 Å². The van der Waals surface area contributed by atoms with Crippen molar-refractivity contribution >= 4 is 11.8 Å². The van der Waals surface area contributed by atoms with Crippen LogP contribution < -0.4 is 9.64 Å². The number of alkyl halides is 3. The van der Waals surface area contributed by atoms with Crippen LogP contribution in [0.2, 0.25) is 0 Å². The molecule has 0 bridgehead atoms. The molecule has 0 saturated heterocycles. The van der Waals surface area contributed by atoms with E-state index in [0.29, 0.717) is 31.1 Å². The zero-order valence-corrected chi connectivity index (χ0v) is 22.6. The average Bonchev–Trinajstić information content (AvgIpc) is 2.92. The van der Waals surface area contributed by atoms with Gasteiger partial charge >= 0.3 is 12.1 Å². The Morgan fingerprint density at radius 2 is 1.45 bits per heavy atom. The Bertz CT molecular complexity index is 1420. The van der Waals surface area contributed by atoms with E-state index in [1.807, 2.05) is 60.4 Å². The summed E-state index contributed by atoms with van der Waals surface area (Å²) in [5, 5.41) is 9.29. The molecule has 0 unspecified atom stereocenters. The number of rotatable bonds is 10. The first-order chi connectivity index (χ1) is 18.9. The first kappa shape index (κ1) is 28.7. The van der Waals surface area contributed by atoms with Crippen molar-refractivity contribution in [3.63, 3.8) is 0 Å². The summed E-state index contributed by atoms with van der Waals surface area (Å²) in [6.07, 6.45) is -1.96. The summed E-state index contributed by atoms with van der Waals surface area (Å²) in [5.74, 6) is 0.0985. The minimum atomic E-state index is -4.39. The number of benzene rings is 3. The van der Waals surface area contributed by atoms with Gasteiger partial charge in [0.15, 0.2) is 5.60 Å². The molecule has 208 valence electrons. The van der Waals surface area contributed by atoms with E-state index in [4.69, 9.17) is 4.74 Å². The van der Waals surface area contributed by atoms with Gasteiger partial charge in [-0.25, -0.2) is 9.78 Å². The number of hydrogen-bond donors (Lipinski definition) is 1. The average molecular weight is 549 g/mol. The highest BCUT2D eigenvalue weighted by atomic mass is 19.4. The van der Waals surface area contributed by atoms with Crippen LogP contribution in [0, 0.1) is 6.92 Å². The third-order valence-corrected chi connectivity index (χ3v) is 6.59. The van der Waals surface area contributed by atoms with E-state index in [1.54, 1.807) is 18.3 Å². The maximum absolute atomic E-state index is 13.1. The molecule has 0 aliphatic heterocycles. The molecule has 0 radical (unpaired) electrons. The Morgan fingerprint density at radius 1 is 0.850 bits per heavy atom. The molecule has 0 spiro atoms. The monoisotopic (exact) mass is 548 g/mol. The SMILES string of the molecule is Cc1ccc(-c2ccc(N(CCc3ccc(OC(C)(C)C(=O)O)cc3)Cc3ccc(C(F)(F)F)cc3)nc2)cc1. The van der Waals surface area contributed by atoms with E-state index >= 15 is 0 Å². The van der Waals surface area contributed by atoms with Gasteiger partial charge in [0, 0.05) is 24.8 Å². The normalized spacial score (nSPS) is 11.8. The largest absolute Gasteiger partial charge is 0.478 e. The summed E-state index contributed by atoms with van der Waals surface area (Å²) < 4.78 is 44.7. The molecule has 4 rings (SSSR count). The predicted molar refractivity (Wildman–Crippen MR) is 149 cm³/mol. The van der Waals surface area contributed by atoms with E-state index in [9.17, 15) is 23.1 Å². The van der Waals surface area contributed by atoms with E-state index in [2.05, 4.69) is 4.98 Å². The Kier molecular flexibility index (Phi) is 8.47. The molecule has 1 heterocycles. The highest BCUT2D eigenvalue weighted by Gasteiger charge is 2.30. The smallest absolute Gasteiger partial charge is 0.416 e. The quantitative estimate of drug-likeness (QED) is 0.222. The second-order valence-corrected chi connectivity index (χ2v) is 10.2. The molecule has 8 heteroatoms. The number of aryl methyl sites for hydroxylation is 1. The molecule has 0 atom stereocenters. The second kappa shape index (κ2) is 11.8. The van der Waals surface area contributed by atoms with Crippen molar-refractivity contribution < 1.29 is 27.8 Å². The van der Waals surface area contributed by atoms with Crippen molar-refractivity contribution in [3.05, 3.63) is 113 Å². The lowest BCUT2D eigenvalue weighted by Crippen LogP contribution is -2.37. The maximum Gasteiger partial charge on any atom is 0.416 e. The fraction of sp³-hybridized carbons (Fsp3) is 0.250. The van der Waals surface area contributed by atoms with Gasteiger partial charge in [-0.2, -0.15) is 13.2 Å². The molecule has 0 fully saturated rings. The number of ether oxygens (including phenoxy) is 1. The third kappa shape index (κ3) is 7.40. The lowest BCUT2D eigenvalue weighted by atomic mass is 10.1. The van der Waals surface area contributed by atoms with Gasteiger partial charge in [-0.05, 0) is 80.3 Å². The van der Waals surface area contributed by atoms with Crippen molar-refractivity contribution in [3.8, 4) is 16.9 Å². The number of aromatic nitrogens is 1. The lowest BCUT2D eigenvalue weighted by molar-refractivity contribution is -0.152. The van der Waals surface area contributed by atoms with E-state index in [1.165, 1.54) is 31.5 Å². The Hall–Kier alpha value is -4.33. The second-order valence-electron chi connectivity index (χ2n) is 10.2. The van der Waals surface area contributed by atoms with E-state index in [-0.39, 0.29) is 0 Å². The molecule has 5 nitrogen and oxygen atoms in total. The summed E-state index contributed by atoms with van der Waals surface area (Å²) in [5.41, 5.74) is 2.88. The maximum atomic E-state index is 13.1. The molecule has 3 aromatic carbocycles. The van der Waals surface area contributed by atoms with Crippen LogP contribution in [0.25, 0.3) is 11.1 Å². The minimum Gasteiger partial charge on any atom is -0.478 e. The summed E-state index contributed by atoms with van der Waals surface area (Å²) in [6, 6.07) is 24.5. The molecule has 40 heavy (non-hydrogen) atoms. The molecule has 0 saturated carbocycles. The topological polar surface area (TPSA) is 62.7 Å². The molecule has 1 aromatic heterocycles. The van der Waals surface area contributed by atoms with Crippen LogP contribution in [0.15, 0.2) is 91.1 Å². The Balaban J connectivity index is 1.52. The number of nitrogens with zero attached hydrogens (tertiary/aromatic N) is 2. The molecular formula is C32H31F3N2O3. The van der Waals surface area contributed by atoms with Gasteiger partial charge < -0.3 is 14.7 Å². The summed E-state index contributed by atoms with van der Waals surface area (Å²) >= 11 is 0. The van der Waals surface area contributed by atoms with Gasteiger partial charge in [-0.3, -0.25) is 0 Å². The number of pyridine rings is 1. The Morgan fingerprint density at radius 3 is 2.00 bits per heavy atom. The minimum absolute atomic E-state index is 0.378. The van der Waals surface area contributed by atoms with Crippen LogP contribution >= 0.6 is 0 Å². The van der Waals surface area contributed by atoms with Crippen molar-refractivity contribution in [2.24, 2.45) is 0 Å². The number of aliphatic carboxylic acids is 1. The highest BCUT2D eigenvalue weighted by Crippen LogP contribution is 2.30. The van der Waals surface area contributed by atoms with Crippen LogP contribution in [-0.4, -0.2) is 28.2 Å². The number of halogens is 3. The standard InChI is InChI=1S/C32H31F3N2O3/c1-22-4-10-25(11-5-22)26-12-17-29(36-20-26)37(21-24-6-13-27(14-7-24)32(33,34)35)19-18-23-8-15-28(16-9-23)40-31(2,3)30(38)39/h4-17,20H,18-19,21H2,1-3H3,(H,38,39). The first-order valence-corrected chi connectivity index (χ1v) is 12.9. The van der Waals surface area contributed by atoms with Gasteiger partial charge in [0.25, 0.3) is 0 Å². The number of carboxylic acid groups (broad SMARTS) is 1. The van der Waals surface area contributed by atoms with Gasteiger partial charge in [0.2, 0.25) is 0 Å². The zero-order chi connectivity index (χ0) is 28.9. The number of hydrogen-bond acceptors (Lipinski definition) is 4. The van der Waals surface area contributed by atoms with Crippen molar-refractivity contribution in [2.75, 3.05) is 11.4 Å². The molecule has 0 amide bonds. The van der Waals surface area contributed by atoms with Crippen LogP contribution in [-0.2, 0) is 23.9 Å². The summed E-state index contributed by atoms with van der Waals surface area (Å²) in [6.45, 7) is 5.93.